The van der Waals surface area contributed by atoms with Gasteiger partial charge in [-0.1, -0.05) is 192 Å². The molecule has 0 aliphatic carbocycles. The molecule has 0 spiro atoms. The van der Waals surface area contributed by atoms with Crippen LogP contribution in [0.15, 0.2) is 24.3 Å². The predicted octanol–water partition coefficient (Wildman–Crippen LogP) is 14.0. The first-order chi connectivity index (χ1) is 27.0. The minimum Gasteiger partial charge on any atom is -0.466 e. The normalized spacial score (nSPS) is 12.9. The van der Waals surface area contributed by atoms with E-state index < -0.39 is 12.1 Å². The Morgan fingerprint density at radius 3 is 1.33 bits per heavy atom. The van der Waals surface area contributed by atoms with E-state index in [-0.39, 0.29) is 18.5 Å². The molecule has 0 saturated heterocycles. The van der Waals surface area contributed by atoms with Crippen molar-refractivity contribution in [1.29, 1.82) is 0 Å². The van der Waals surface area contributed by atoms with Gasteiger partial charge in [-0.05, 0) is 70.6 Å². The maximum Gasteiger partial charge on any atom is 0.305 e. The lowest BCUT2D eigenvalue weighted by atomic mass is 10.0. The topological polar surface area (TPSA) is 95.9 Å². The van der Waals surface area contributed by atoms with Crippen LogP contribution in [0.5, 0.6) is 0 Å². The van der Waals surface area contributed by atoms with E-state index in [0.29, 0.717) is 25.9 Å². The molecule has 0 saturated carbocycles. The van der Waals surface area contributed by atoms with Crippen molar-refractivity contribution in [2.24, 2.45) is 0 Å². The summed E-state index contributed by atoms with van der Waals surface area (Å²) in [6.45, 7) is 4.84. The first kappa shape index (κ1) is 53.3. The van der Waals surface area contributed by atoms with Crippen LogP contribution in [-0.4, -0.2) is 47.4 Å². The number of allylic oxidation sites excluding steroid dienone is 4. The minimum atomic E-state index is -0.693. The molecule has 0 heterocycles. The van der Waals surface area contributed by atoms with Gasteiger partial charge in [-0.2, -0.15) is 0 Å². The minimum absolute atomic E-state index is 0.0393. The Bertz CT molecular complexity index is 858. The predicted molar refractivity (Wildman–Crippen MR) is 236 cm³/mol. The highest BCUT2D eigenvalue weighted by Crippen LogP contribution is 2.15. The summed E-state index contributed by atoms with van der Waals surface area (Å²) in [5.41, 5.74) is 0. The van der Waals surface area contributed by atoms with Gasteiger partial charge < -0.3 is 20.3 Å². The first-order valence-electron chi connectivity index (χ1n) is 24.1. The summed E-state index contributed by atoms with van der Waals surface area (Å²) in [5.74, 6) is -0.137. The van der Waals surface area contributed by atoms with Gasteiger partial charge in [0.1, 0.15) is 0 Å². The summed E-state index contributed by atoms with van der Waals surface area (Å²) >= 11 is 0. The summed E-state index contributed by atoms with van der Waals surface area (Å²) in [6, 6.07) is -0.577. The molecular weight excluding hydrogens is 683 g/mol. The quantitative estimate of drug-likeness (QED) is 0.0325. The number of carbonyl (C=O) groups excluding carboxylic acids is 2. The smallest absolute Gasteiger partial charge is 0.305 e. The molecule has 0 aromatic rings. The molecule has 324 valence electrons. The zero-order chi connectivity index (χ0) is 40.1. The first-order valence-corrected chi connectivity index (χ1v) is 24.1. The average molecular weight is 776 g/mol. The van der Waals surface area contributed by atoms with Crippen LogP contribution in [0.25, 0.3) is 0 Å². The molecule has 0 aliphatic rings. The van der Waals surface area contributed by atoms with Gasteiger partial charge in [0.2, 0.25) is 5.91 Å². The van der Waals surface area contributed by atoms with Crippen LogP contribution >= 0.6 is 0 Å². The summed E-state index contributed by atoms with van der Waals surface area (Å²) < 4.78 is 5.44. The number of amides is 1. The van der Waals surface area contributed by atoms with Crippen molar-refractivity contribution < 1.29 is 24.5 Å². The van der Waals surface area contributed by atoms with E-state index in [0.717, 1.165) is 70.6 Å². The Balaban J connectivity index is 3.52. The van der Waals surface area contributed by atoms with Crippen LogP contribution in [0, 0.1) is 0 Å². The number of ether oxygens (including phenoxy) is 1. The van der Waals surface area contributed by atoms with E-state index in [2.05, 4.69) is 43.5 Å². The Kier molecular flexibility index (Phi) is 43.7. The van der Waals surface area contributed by atoms with Crippen LogP contribution in [0.3, 0.4) is 0 Å². The molecule has 1 amide bonds. The standard InChI is InChI=1S/C49H93NO5/c1-3-5-7-9-11-13-15-16-17-18-19-20-21-23-27-31-35-39-43-49(54)55-44-40-36-32-28-24-26-30-34-38-42-48(53)50-46(45-51)47(52)41-37-33-29-25-22-14-12-10-8-6-4-2/h17-18,26,30,46-47,51-52H,3-16,19-25,27-29,31-45H2,1-2H3,(H,50,53)/b18-17-,30-26-. The number of nitrogens with one attached hydrogen (secondary N) is 1. The summed E-state index contributed by atoms with van der Waals surface area (Å²) in [7, 11) is 0. The van der Waals surface area contributed by atoms with Gasteiger partial charge in [0.25, 0.3) is 0 Å². The summed E-state index contributed by atoms with van der Waals surface area (Å²) in [6.07, 6.45) is 51.5. The maximum atomic E-state index is 12.4. The molecule has 0 rings (SSSR count). The molecule has 0 aromatic heterocycles. The summed E-state index contributed by atoms with van der Waals surface area (Å²) in [5, 5.41) is 23.0. The number of aliphatic hydroxyl groups is 2. The van der Waals surface area contributed by atoms with Gasteiger partial charge in [-0.15, -0.1) is 0 Å². The lowest BCUT2D eigenvalue weighted by Gasteiger charge is -2.22. The third-order valence-electron chi connectivity index (χ3n) is 11.0. The fourth-order valence-electron chi connectivity index (χ4n) is 7.22. The van der Waals surface area contributed by atoms with Gasteiger partial charge in [-0.25, -0.2) is 0 Å². The van der Waals surface area contributed by atoms with Crippen molar-refractivity contribution in [1.82, 2.24) is 5.32 Å². The number of rotatable bonds is 44. The molecule has 55 heavy (non-hydrogen) atoms. The molecule has 2 unspecified atom stereocenters. The van der Waals surface area contributed by atoms with Gasteiger partial charge >= 0.3 is 5.97 Å². The highest BCUT2D eigenvalue weighted by molar-refractivity contribution is 5.76. The molecular formula is C49H93NO5. The molecule has 0 fully saturated rings. The lowest BCUT2D eigenvalue weighted by Crippen LogP contribution is -2.45. The SMILES string of the molecule is CCCCCCCCC/C=C\CCCCCCCCCC(=O)OCCCCCC/C=C\CCCC(=O)NC(CO)C(O)CCCCCCCCCCCCC. The molecule has 6 nitrogen and oxygen atoms in total. The van der Waals surface area contributed by atoms with Crippen LogP contribution in [0.2, 0.25) is 0 Å². The lowest BCUT2D eigenvalue weighted by molar-refractivity contribution is -0.143. The molecule has 6 heteroatoms. The Hall–Kier alpha value is -1.66. The van der Waals surface area contributed by atoms with E-state index in [1.54, 1.807) is 0 Å². The fourth-order valence-corrected chi connectivity index (χ4v) is 7.22. The molecule has 0 bridgehead atoms. The second-order valence-corrected chi connectivity index (χ2v) is 16.4. The second kappa shape index (κ2) is 45.0. The van der Waals surface area contributed by atoms with Crippen molar-refractivity contribution in [3.05, 3.63) is 24.3 Å². The maximum absolute atomic E-state index is 12.4. The molecule has 3 N–H and O–H groups in total. The molecule has 2 atom stereocenters. The highest BCUT2D eigenvalue weighted by atomic mass is 16.5. The van der Waals surface area contributed by atoms with Crippen LogP contribution < -0.4 is 5.32 Å². The Morgan fingerprint density at radius 2 is 0.873 bits per heavy atom. The van der Waals surface area contributed by atoms with E-state index >= 15 is 0 Å². The number of aliphatic hydroxyl groups excluding tert-OH is 2. The number of unbranched alkanes of at least 4 members (excludes halogenated alkanes) is 29. The van der Waals surface area contributed by atoms with E-state index in [1.165, 1.54) is 148 Å². The molecule has 0 aromatic carbocycles. The average Bonchev–Trinajstić information content (AvgIpc) is 3.18. The molecule has 0 aliphatic heterocycles. The van der Waals surface area contributed by atoms with Crippen molar-refractivity contribution in [2.45, 2.75) is 264 Å². The number of hydrogen-bond donors (Lipinski definition) is 3. The zero-order valence-electron chi connectivity index (χ0n) is 36.7. The van der Waals surface area contributed by atoms with E-state index in [9.17, 15) is 19.8 Å². The van der Waals surface area contributed by atoms with Gasteiger partial charge in [-0.3, -0.25) is 9.59 Å². The molecule has 0 radical (unpaired) electrons. The zero-order valence-corrected chi connectivity index (χ0v) is 36.7. The van der Waals surface area contributed by atoms with E-state index in [1.807, 2.05) is 0 Å². The number of esters is 1. The monoisotopic (exact) mass is 776 g/mol. The second-order valence-electron chi connectivity index (χ2n) is 16.4. The van der Waals surface area contributed by atoms with Crippen molar-refractivity contribution in [3.8, 4) is 0 Å². The van der Waals surface area contributed by atoms with Crippen molar-refractivity contribution in [3.63, 3.8) is 0 Å². The summed E-state index contributed by atoms with van der Waals surface area (Å²) in [4.78, 5) is 24.4. The van der Waals surface area contributed by atoms with Crippen LogP contribution in [0.1, 0.15) is 251 Å². The van der Waals surface area contributed by atoms with Crippen LogP contribution in [-0.2, 0) is 14.3 Å². The van der Waals surface area contributed by atoms with Crippen LogP contribution in [0.4, 0.5) is 0 Å². The van der Waals surface area contributed by atoms with E-state index in [4.69, 9.17) is 4.74 Å². The third kappa shape index (κ3) is 41.8. The Labute approximate surface area is 341 Å². The largest absolute Gasteiger partial charge is 0.466 e. The fraction of sp³-hybridized carbons (Fsp3) is 0.878. The van der Waals surface area contributed by atoms with Gasteiger partial charge in [0, 0.05) is 12.8 Å². The van der Waals surface area contributed by atoms with Crippen molar-refractivity contribution in [2.75, 3.05) is 13.2 Å². The van der Waals surface area contributed by atoms with Gasteiger partial charge in [0.15, 0.2) is 0 Å². The number of hydrogen-bond acceptors (Lipinski definition) is 5. The number of carbonyl (C=O) groups is 2. The Morgan fingerprint density at radius 1 is 0.491 bits per heavy atom. The van der Waals surface area contributed by atoms with Gasteiger partial charge in [0.05, 0.1) is 25.4 Å². The highest BCUT2D eigenvalue weighted by Gasteiger charge is 2.20. The third-order valence-corrected chi connectivity index (χ3v) is 11.0. The van der Waals surface area contributed by atoms with Crippen molar-refractivity contribution >= 4 is 11.9 Å².